The van der Waals surface area contributed by atoms with Gasteiger partial charge in [0.2, 0.25) is 11.9 Å². The number of nitrogens with one attached hydrogen (secondary N) is 1. The van der Waals surface area contributed by atoms with Crippen molar-refractivity contribution in [2.45, 2.75) is 32.2 Å². The number of carbonyl (C=O) groups excluding carboxylic acids is 1. The zero-order valence-electron chi connectivity index (χ0n) is 17.7. The van der Waals surface area contributed by atoms with E-state index in [1.807, 2.05) is 48.2 Å². The van der Waals surface area contributed by atoms with Gasteiger partial charge in [0.05, 0.1) is 11.9 Å². The maximum atomic E-state index is 12.3. The molecule has 1 N–H and O–H groups in total. The van der Waals surface area contributed by atoms with E-state index >= 15 is 0 Å². The first kappa shape index (κ1) is 20.2. The minimum absolute atomic E-state index is 0.230. The van der Waals surface area contributed by atoms with Crippen LogP contribution in [0.15, 0.2) is 30.5 Å². The molecule has 0 atom stereocenters. The van der Waals surface area contributed by atoms with Gasteiger partial charge in [-0.3, -0.25) is 4.79 Å². The van der Waals surface area contributed by atoms with E-state index in [9.17, 15) is 4.79 Å². The molecule has 0 bridgehead atoms. The van der Waals surface area contributed by atoms with Gasteiger partial charge >= 0.3 is 0 Å². The van der Waals surface area contributed by atoms with Crippen molar-refractivity contribution in [1.29, 1.82) is 0 Å². The highest BCUT2D eigenvalue weighted by Gasteiger charge is 2.23. The molecule has 1 aliphatic heterocycles. The molecule has 9 heteroatoms. The number of fused-ring (bicyclic) bond motifs is 1. The molecule has 4 rings (SSSR count). The summed E-state index contributed by atoms with van der Waals surface area (Å²) >= 11 is 0. The summed E-state index contributed by atoms with van der Waals surface area (Å²) in [5.74, 6) is 0.795. The van der Waals surface area contributed by atoms with Gasteiger partial charge in [-0.2, -0.15) is 9.67 Å². The van der Waals surface area contributed by atoms with Gasteiger partial charge in [-0.25, -0.2) is 4.98 Å². The van der Waals surface area contributed by atoms with Crippen molar-refractivity contribution in [2.75, 3.05) is 39.0 Å². The summed E-state index contributed by atoms with van der Waals surface area (Å²) in [6.45, 7) is 4.35. The number of piperidine rings is 1. The fraction of sp³-hybridized carbons (Fsp3) is 0.476. The van der Waals surface area contributed by atoms with Crippen molar-refractivity contribution in [3.63, 3.8) is 0 Å². The molecule has 30 heavy (non-hydrogen) atoms. The maximum absolute atomic E-state index is 12.3. The molecule has 3 aromatic rings. The Morgan fingerprint density at radius 3 is 2.63 bits per heavy atom. The lowest BCUT2D eigenvalue weighted by atomic mass is 10.0. The van der Waals surface area contributed by atoms with Crippen LogP contribution in [-0.2, 0) is 4.79 Å². The van der Waals surface area contributed by atoms with E-state index in [2.05, 4.69) is 32.5 Å². The van der Waals surface area contributed by atoms with Crippen molar-refractivity contribution < 1.29 is 4.79 Å². The van der Waals surface area contributed by atoms with E-state index in [4.69, 9.17) is 0 Å². The first-order chi connectivity index (χ1) is 14.5. The van der Waals surface area contributed by atoms with Crippen LogP contribution in [0.4, 0.5) is 5.95 Å². The van der Waals surface area contributed by atoms with E-state index in [-0.39, 0.29) is 11.9 Å². The number of hydrogen-bond donors (Lipinski definition) is 1. The van der Waals surface area contributed by atoms with Gasteiger partial charge in [0.1, 0.15) is 0 Å². The third-order valence-electron chi connectivity index (χ3n) is 5.42. The summed E-state index contributed by atoms with van der Waals surface area (Å²) in [7, 11) is 3.97. The average Bonchev–Trinajstić information content (AvgIpc) is 3.16. The third-order valence-corrected chi connectivity index (χ3v) is 5.42. The molecular formula is C21H28N8O. The fourth-order valence-electron chi connectivity index (χ4n) is 3.59. The second-order valence-corrected chi connectivity index (χ2v) is 8.09. The highest BCUT2D eigenvalue weighted by atomic mass is 16.2. The Labute approximate surface area is 176 Å². The average molecular weight is 409 g/mol. The molecule has 9 nitrogen and oxygen atoms in total. The molecule has 3 heterocycles. The van der Waals surface area contributed by atoms with E-state index < -0.39 is 0 Å². The number of likely N-dealkylation sites (tertiary alicyclic amines) is 1. The highest BCUT2D eigenvalue weighted by Crippen LogP contribution is 2.18. The lowest BCUT2D eigenvalue weighted by molar-refractivity contribution is -0.132. The molecule has 1 fully saturated rings. The van der Waals surface area contributed by atoms with Gasteiger partial charge in [-0.15, -0.1) is 5.10 Å². The number of benzene rings is 1. The summed E-state index contributed by atoms with van der Waals surface area (Å²) in [5, 5.41) is 11.8. The Morgan fingerprint density at radius 2 is 1.93 bits per heavy atom. The summed E-state index contributed by atoms with van der Waals surface area (Å²) in [5.41, 5.74) is 3.43. The van der Waals surface area contributed by atoms with Crippen molar-refractivity contribution in [3.8, 4) is 5.69 Å². The standard InChI is InChI=1S/C21H28N8O/c1-15-4-6-17(7-5-15)29-20-18(25-26-29)14-22-21(24-20)23-16-8-12-28(13-9-16)19(30)10-11-27(2)3/h4-7,14,16H,8-13H2,1-3H3,(H,22,23,24). The smallest absolute Gasteiger partial charge is 0.225 e. The quantitative estimate of drug-likeness (QED) is 0.666. The van der Waals surface area contributed by atoms with Crippen LogP contribution < -0.4 is 5.32 Å². The summed E-state index contributed by atoms with van der Waals surface area (Å²) in [6, 6.07) is 8.32. The molecule has 158 valence electrons. The zero-order chi connectivity index (χ0) is 21.1. The molecule has 0 spiro atoms. The topological polar surface area (TPSA) is 92.1 Å². The van der Waals surface area contributed by atoms with Crippen LogP contribution in [0.2, 0.25) is 0 Å². The third kappa shape index (κ3) is 4.56. The van der Waals surface area contributed by atoms with Crippen molar-refractivity contribution in [3.05, 3.63) is 36.0 Å². The minimum atomic E-state index is 0.230. The molecule has 2 aromatic heterocycles. The van der Waals surface area contributed by atoms with E-state index in [1.165, 1.54) is 5.56 Å². The largest absolute Gasteiger partial charge is 0.351 e. The second kappa shape index (κ2) is 8.74. The van der Waals surface area contributed by atoms with Gasteiger partial charge in [0.25, 0.3) is 0 Å². The van der Waals surface area contributed by atoms with Crippen LogP contribution in [0.1, 0.15) is 24.8 Å². The number of aryl methyl sites for hydroxylation is 1. The van der Waals surface area contributed by atoms with Gasteiger partial charge in [0, 0.05) is 32.1 Å². The van der Waals surface area contributed by atoms with Crippen LogP contribution in [0.25, 0.3) is 16.9 Å². The predicted molar refractivity (Wildman–Crippen MR) is 116 cm³/mol. The molecule has 0 saturated carbocycles. The monoisotopic (exact) mass is 408 g/mol. The predicted octanol–water partition coefficient (Wildman–Crippen LogP) is 1.87. The lowest BCUT2D eigenvalue weighted by Gasteiger charge is -2.32. The molecule has 1 aliphatic rings. The van der Waals surface area contributed by atoms with E-state index in [0.29, 0.717) is 23.5 Å². The SMILES string of the molecule is Cc1ccc(-n2nnc3cnc(NC4CCN(C(=O)CCN(C)C)CC4)nc32)cc1. The number of amides is 1. The lowest BCUT2D eigenvalue weighted by Crippen LogP contribution is -2.43. The number of rotatable bonds is 6. The Kier molecular flexibility index (Phi) is 5.89. The van der Waals surface area contributed by atoms with Crippen molar-refractivity contribution >= 4 is 23.0 Å². The summed E-state index contributed by atoms with van der Waals surface area (Å²) in [4.78, 5) is 25.4. The summed E-state index contributed by atoms with van der Waals surface area (Å²) in [6.07, 6.45) is 4.03. The minimum Gasteiger partial charge on any atom is -0.351 e. The van der Waals surface area contributed by atoms with E-state index in [1.54, 1.807) is 10.9 Å². The van der Waals surface area contributed by atoms with E-state index in [0.717, 1.165) is 38.2 Å². The first-order valence-corrected chi connectivity index (χ1v) is 10.3. The van der Waals surface area contributed by atoms with Gasteiger partial charge in [-0.1, -0.05) is 22.9 Å². The molecule has 1 amide bonds. The Balaban J connectivity index is 1.41. The zero-order valence-corrected chi connectivity index (χ0v) is 17.7. The number of anilines is 1. The molecule has 0 radical (unpaired) electrons. The number of carbonyl (C=O) groups is 1. The van der Waals surface area contributed by atoms with Crippen LogP contribution in [0, 0.1) is 6.92 Å². The van der Waals surface area contributed by atoms with Gasteiger partial charge in [0.15, 0.2) is 11.2 Å². The number of nitrogens with zero attached hydrogens (tertiary/aromatic N) is 7. The first-order valence-electron chi connectivity index (χ1n) is 10.3. The molecule has 0 unspecified atom stereocenters. The molecule has 1 aromatic carbocycles. The van der Waals surface area contributed by atoms with Gasteiger partial charge < -0.3 is 15.1 Å². The Morgan fingerprint density at radius 1 is 1.20 bits per heavy atom. The van der Waals surface area contributed by atoms with Crippen LogP contribution in [0.3, 0.4) is 0 Å². The number of aromatic nitrogens is 5. The van der Waals surface area contributed by atoms with Crippen LogP contribution >= 0.6 is 0 Å². The Hall–Kier alpha value is -3.07. The summed E-state index contributed by atoms with van der Waals surface area (Å²) < 4.78 is 1.73. The van der Waals surface area contributed by atoms with Crippen LogP contribution in [0.5, 0.6) is 0 Å². The second-order valence-electron chi connectivity index (χ2n) is 8.09. The molecule has 1 saturated heterocycles. The highest BCUT2D eigenvalue weighted by molar-refractivity contribution is 5.76. The maximum Gasteiger partial charge on any atom is 0.225 e. The fourth-order valence-corrected chi connectivity index (χ4v) is 3.59. The molecule has 0 aliphatic carbocycles. The Bertz CT molecular complexity index is 1010. The van der Waals surface area contributed by atoms with Gasteiger partial charge in [-0.05, 0) is 46.0 Å². The van der Waals surface area contributed by atoms with Crippen molar-refractivity contribution in [2.24, 2.45) is 0 Å². The van der Waals surface area contributed by atoms with Crippen molar-refractivity contribution in [1.82, 2.24) is 34.8 Å². The molecular weight excluding hydrogens is 380 g/mol. The normalized spacial score (nSPS) is 15.1. The number of hydrogen-bond acceptors (Lipinski definition) is 7. The van der Waals surface area contributed by atoms with Crippen LogP contribution in [-0.4, -0.2) is 80.4 Å².